The first-order valence-corrected chi connectivity index (χ1v) is 10.3. The fourth-order valence-electron chi connectivity index (χ4n) is 2.54. The van der Waals surface area contributed by atoms with Crippen LogP contribution in [0.25, 0.3) is 0 Å². The normalized spacial score (nSPS) is 11.1. The quantitative estimate of drug-likeness (QED) is 0.202. The number of aliphatic imine (C=N–C) groups is 1. The van der Waals surface area contributed by atoms with Crippen molar-refractivity contribution in [2.24, 2.45) is 4.99 Å². The molecule has 0 aliphatic heterocycles. The minimum absolute atomic E-state index is 0. The molecule has 2 N–H and O–H groups in total. The minimum atomic E-state index is 0. The second-order valence-electron chi connectivity index (χ2n) is 6.19. The second-order valence-corrected chi connectivity index (χ2v) is 7.56. The van der Waals surface area contributed by atoms with Crippen LogP contribution in [0.3, 0.4) is 0 Å². The van der Waals surface area contributed by atoms with Crippen LogP contribution in [-0.4, -0.2) is 32.3 Å². The molecule has 0 radical (unpaired) electrons. The van der Waals surface area contributed by atoms with Crippen molar-refractivity contribution in [3.8, 4) is 0 Å². The van der Waals surface area contributed by atoms with Crippen molar-refractivity contribution < 1.29 is 4.74 Å². The van der Waals surface area contributed by atoms with E-state index in [2.05, 4.69) is 65.9 Å². The van der Waals surface area contributed by atoms with Crippen molar-refractivity contribution in [1.82, 2.24) is 10.6 Å². The highest BCUT2D eigenvalue weighted by atomic mass is 127. The maximum absolute atomic E-state index is 5.73. The van der Waals surface area contributed by atoms with Gasteiger partial charge in [0.2, 0.25) is 0 Å². The SMILES string of the molecule is CCNC(=NCc1ccc(C)s1)NCCCCOCCc1ccccc1.I. The van der Waals surface area contributed by atoms with E-state index in [-0.39, 0.29) is 24.0 Å². The maximum Gasteiger partial charge on any atom is 0.191 e. The molecule has 0 saturated carbocycles. The number of nitrogens with one attached hydrogen (secondary N) is 2. The first kappa shape index (κ1) is 23.9. The third kappa shape index (κ3) is 10.7. The monoisotopic (exact) mass is 501 g/mol. The van der Waals surface area contributed by atoms with Crippen molar-refractivity contribution >= 4 is 41.3 Å². The summed E-state index contributed by atoms with van der Waals surface area (Å²) >= 11 is 1.81. The van der Waals surface area contributed by atoms with E-state index in [4.69, 9.17) is 4.74 Å². The number of rotatable bonds is 11. The van der Waals surface area contributed by atoms with Crippen molar-refractivity contribution in [2.45, 2.75) is 39.7 Å². The van der Waals surface area contributed by atoms with Gasteiger partial charge in [-0.15, -0.1) is 35.3 Å². The average molecular weight is 501 g/mol. The van der Waals surface area contributed by atoms with E-state index in [1.807, 2.05) is 6.07 Å². The lowest BCUT2D eigenvalue weighted by molar-refractivity contribution is 0.133. The Hall–Kier alpha value is -1.12. The number of benzene rings is 1. The molecule has 2 rings (SSSR count). The number of hydrogen-bond donors (Lipinski definition) is 2. The Labute approximate surface area is 184 Å². The lowest BCUT2D eigenvalue weighted by atomic mass is 10.2. The molecule has 0 spiro atoms. The highest BCUT2D eigenvalue weighted by Gasteiger charge is 1.99. The van der Waals surface area contributed by atoms with E-state index in [1.165, 1.54) is 15.3 Å². The number of aryl methyl sites for hydroxylation is 1. The molecule has 27 heavy (non-hydrogen) atoms. The van der Waals surface area contributed by atoms with Crippen LogP contribution in [0.5, 0.6) is 0 Å². The van der Waals surface area contributed by atoms with Gasteiger partial charge < -0.3 is 15.4 Å². The van der Waals surface area contributed by atoms with Gasteiger partial charge in [0, 0.05) is 29.5 Å². The van der Waals surface area contributed by atoms with Crippen molar-refractivity contribution in [3.05, 3.63) is 57.8 Å². The summed E-state index contributed by atoms with van der Waals surface area (Å²) < 4.78 is 5.73. The molecule has 1 aromatic carbocycles. The zero-order valence-electron chi connectivity index (χ0n) is 16.4. The van der Waals surface area contributed by atoms with E-state index in [0.29, 0.717) is 0 Å². The first-order chi connectivity index (χ1) is 12.8. The number of unbranched alkanes of at least 4 members (excludes halogenated alkanes) is 1. The summed E-state index contributed by atoms with van der Waals surface area (Å²) in [4.78, 5) is 7.28. The van der Waals surface area contributed by atoms with Gasteiger partial charge in [-0.05, 0) is 50.8 Å². The van der Waals surface area contributed by atoms with E-state index in [1.54, 1.807) is 11.3 Å². The van der Waals surface area contributed by atoms with Crippen molar-refractivity contribution in [1.29, 1.82) is 0 Å². The molecule has 0 amide bonds. The van der Waals surface area contributed by atoms with Crippen LogP contribution in [0.2, 0.25) is 0 Å². The van der Waals surface area contributed by atoms with Gasteiger partial charge in [-0.1, -0.05) is 30.3 Å². The molecule has 1 aromatic heterocycles. The molecule has 2 aromatic rings. The van der Waals surface area contributed by atoms with Gasteiger partial charge in [-0.3, -0.25) is 0 Å². The molecule has 0 fully saturated rings. The summed E-state index contributed by atoms with van der Waals surface area (Å²) in [5, 5.41) is 6.70. The molecular formula is C21H32IN3OS. The summed E-state index contributed by atoms with van der Waals surface area (Å²) in [6.45, 7) is 8.35. The van der Waals surface area contributed by atoms with E-state index < -0.39 is 0 Å². The van der Waals surface area contributed by atoms with Crippen LogP contribution < -0.4 is 10.6 Å². The van der Waals surface area contributed by atoms with Crippen LogP contribution in [0.15, 0.2) is 47.5 Å². The van der Waals surface area contributed by atoms with E-state index in [9.17, 15) is 0 Å². The minimum Gasteiger partial charge on any atom is -0.381 e. The third-order valence-corrected chi connectivity index (χ3v) is 4.90. The molecular weight excluding hydrogens is 469 g/mol. The lowest BCUT2D eigenvalue weighted by Crippen LogP contribution is -2.37. The number of hydrogen-bond acceptors (Lipinski definition) is 3. The molecule has 1 heterocycles. The summed E-state index contributed by atoms with van der Waals surface area (Å²) in [6, 6.07) is 14.8. The summed E-state index contributed by atoms with van der Waals surface area (Å²) in [6.07, 6.45) is 3.12. The van der Waals surface area contributed by atoms with Gasteiger partial charge in [0.15, 0.2) is 5.96 Å². The fourth-order valence-corrected chi connectivity index (χ4v) is 3.36. The first-order valence-electron chi connectivity index (χ1n) is 9.47. The molecule has 6 heteroatoms. The number of halogens is 1. The predicted molar refractivity (Wildman–Crippen MR) is 127 cm³/mol. The predicted octanol–water partition coefficient (Wildman–Crippen LogP) is 4.77. The Morgan fingerprint density at radius 2 is 1.85 bits per heavy atom. The molecule has 0 saturated heterocycles. The third-order valence-electron chi connectivity index (χ3n) is 3.92. The van der Waals surface area contributed by atoms with Gasteiger partial charge in [0.05, 0.1) is 13.2 Å². The number of nitrogens with zero attached hydrogens (tertiary/aromatic N) is 1. The standard InChI is InChI=1S/C21H31N3OS.HI/c1-3-22-21(24-17-20-12-11-18(2)26-20)23-14-7-8-15-25-16-13-19-9-5-4-6-10-19;/h4-6,9-12H,3,7-8,13-17H2,1-2H3,(H2,22,23,24);1H. The van der Waals surface area contributed by atoms with Gasteiger partial charge in [0.25, 0.3) is 0 Å². The topological polar surface area (TPSA) is 45.7 Å². The smallest absolute Gasteiger partial charge is 0.191 e. The molecule has 0 bridgehead atoms. The molecule has 0 atom stereocenters. The maximum atomic E-state index is 5.73. The fraction of sp³-hybridized carbons (Fsp3) is 0.476. The Bertz CT molecular complexity index is 646. The van der Waals surface area contributed by atoms with Crippen LogP contribution >= 0.6 is 35.3 Å². The Balaban J connectivity index is 0.00000364. The number of ether oxygens (including phenoxy) is 1. The summed E-state index contributed by atoms with van der Waals surface area (Å²) in [7, 11) is 0. The van der Waals surface area contributed by atoms with E-state index in [0.717, 1.165) is 58.1 Å². The summed E-state index contributed by atoms with van der Waals surface area (Å²) in [5.74, 6) is 0.892. The van der Waals surface area contributed by atoms with Crippen LogP contribution in [0.1, 0.15) is 35.1 Å². The second kappa shape index (κ2) is 14.9. The highest BCUT2D eigenvalue weighted by molar-refractivity contribution is 14.0. The number of thiophene rings is 1. The van der Waals surface area contributed by atoms with Crippen molar-refractivity contribution in [2.75, 3.05) is 26.3 Å². The van der Waals surface area contributed by atoms with Crippen LogP contribution in [0.4, 0.5) is 0 Å². The molecule has 4 nitrogen and oxygen atoms in total. The number of guanidine groups is 1. The van der Waals surface area contributed by atoms with Crippen LogP contribution in [0, 0.1) is 6.92 Å². The van der Waals surface area contributed by atoms with E-state index >= 15 is 0 Å². The zero-order valence-corrected chi connectivity index (χ0v) is 19.5. The highest BCUT2D eigenvalue weighted by Crippen LogP contribution is 2.15. The summed E-state index contributed by atoms with van der Waals surface area (Å²) in [5.41, 5.74) is 1.33. The Morgan fingerprint density at radius 3 is 2.56 bits per heavy atom. The molecule has 0 unspecified atom stereocenters. The van der Waals surface area contributed by atoms with Crippen molar-refractivity contribution in [3.63, 3.8) is 0 Å². The Kier molecular flexibility index (Phi) is 13.2. The van der Waals surface area contributed by atoms with Crippen LogP contribution in [-0.2, 0) is 17.7 Å². The largest absolute Gasteiger partial charge is 0.381 e. The molecule has 0 aliphatic rings. The average Bonchev–Trinajstić information content (AvgIpc) is 3.08. The van der Waals surface area contributed by atoms with Gasteiger partial charge in [-0.2, -0.15) is 0 Å². The van der Waals surface area contributed by atoms with Gasteiger partial charge in [0.1, 0.15) is 0 Å². The lowest BCUT2D eigenvalue weighted by Gasteiger charge is -2.11. The van der Waals surface area contributed by atoms with Gasteiger partial charge in [-0.25, -0.2) is 4.99 Å². The van der Waals surface area contributed by atoms with Gasteiger partial charge >= 0.3 is 0 Å². The molecule has 150 valence electrons. The Morgan fingerprint density at radius 1 is 1.04 bits per heavy atom. The zero-order chi connectivity index (χ0) is 18.5. The molecule has 0 aliphatic carbocycles.